The quantitative estimate of drug-likeness (QED) is 0.806. The van der Waals surface area contributed by atoms with Crippen LogP contribution < -0.4 is 4.72 Å². The van der Waals surface area contributed by atoms with Crippen LogP contribution in [0.25, 0.3) is 11.1 Å². The predicted molar refractivity (Wildman–Crippen MR) is 80.7 cm³/mol. The van der Waals surface area contributed by atoms with Crippen LogP contribution in [0.15, 0.2) is 51.8 Å². The first kappa shape index (κ1) is 13.6. The summed E-state index contributed by atoms with van der Waals surface area (Å²) >= 11 is 0. The average Bonchev–Trinajstić information content (AvgIpc) is 2.79. The molecule has 0 amide bonds. The van der Waals surface area contributed by atoms with Crippen molar-refractivity contribution in [2.75, 3.05) is 4.72 Å². The number of oxazole rings is 1. The highest BCUT2D eigenvalue weighted by Gasteiger charge is 2.17. The second kappa shape index (κ2) is 4.89. The molecule has 0 unspecified atom stereocenters. The Labute approximate surface area is 122 Å². The summed E-state index contributed by atoms with van der Waals surface area (Å²) in [6.07, 6.45) is 0. The molecule has 0 aliphatic rings. The van der Waals surface area contributed by atoms with E-state index in [0.29, 0.717) is 11.1 Å². The maximum atomic E-state index is 12.2. The van der Waals surface area contributed by atoms with Crippen LogP contribution in [-0.2, 0) is 10.0 Å². The minimum atomic E-state index is -3.69. The Hall–Kier alpha value is -2.34. The van der Waals surface area contributed by atoms with Crippen molar-refractivity contribution < 1.29 is 12.8 Å². The van der Waals surface area contributed by atoms with Crippen molar-refractivity contribution in [2.24, 2.45) is 0 Å². The molecule has 0 spiro atoms. The van der Waals surface area contributed by atoms with Gasteiger partial charge in [-0.2, -0.15) is 4.98 Å². The van der Waals surface area contributed by atoms with Crippen molar-refractivity contribution in [1.82, 2.24) is 4.98 Å². The van der Waals surface area contributed by atoms with E-state index < -0.39 is 10.0 Å². The van der Waals surface area contributed by atoms with Gasteiger partial charge in [-0.05, 0) is 43.7 Å². The number of nitrogens with zero attached hydrogens (tertiary/aromatic N) is 1. The van der Waals surface area contributed by atoms with Crippen LogP contribution in [0.4, 0.5) is 6.01 Å². The number of hydrogen-bond acceptors (Lipinski definition) is 4. The van der Waals surface area contributed by atoms with Crippen LogP contribution in [0, 0.1) is 13.8 Å². The Bertz CT molecular complexity index is 896. The highest BCUT2D eigenvalue weighted by Crippen LogP contribution is 2.22. The van der Waals surface area contributed by atoms with Crippen LogP contribution in [-0.4, -0.2) is 13.4 Å². The van der Waals surface area contributed by atoms with Crippen molar-refractivity contribution in [2.45, 2.75) is 18.7 Å². The number of fused-ring (bicyclic) bond motifs is 1. The molecule has 21 heavy (non-hydrogen) atoms. The monoisotopic (exact) mass is 302 g/mol. The first-order chi connectivity index (χ1) is 9.94. The van der Waals surface area contributed by atoms with E-state index in [1.807, 2.05) is 26.0 Å². The third kappa shape index (κ3) is 2.75. The van der Waals surface area contributed by atoms with E-state index in [2.05, 4.69) is 9.71 Å². The fourth-order valence-electron chi connectivity index (χ4n) is 1.97. The van der Waals surface area contributed by atoms with E-state index in [0.717, 1.165) is 11.1 Å². The van der Waals surface area contributed by atoms with Gasteiger partial charge in [-0.3, -0.25) is 0 Å². The Morgan fingerprint density at radius 3 is 2.38 bits per heavy atom. The van der Waals surface area contributed by atoms with Crippen LogP contribution >= 0.6 is 0 Å². The topological polar surface area (TPSA) is 72.2 Å². The lowest BCUT2D eigenvalue weighted by molar-refractivity contribution is 0.591. The van der Waals surface area contributed by atoms with Crippen LogP contribution in [0.1, 0.15) is 11.1 Å². The van der Waals surface area contributed by atoms with Gasteiger partial charge < -0.3 is 4.42 Å². The summed E-state index contributed by atoms with van der Waals surface area (Å²) in [5.74, 6) is 0. The largest absolute Gasteiger partial charge is 0.423 e. The summed E-state index contributed by atoms with van der Waals surface area (Å²) in [5.41, 5.74) is 3.19. The van der Waals surface area contributed by atoms with Crippen LogP contribution in [0.3, 0.4) is 0 Å². The van der Waals surface area contributed by atoms with E-state index in [9.17, 15) is 8.42 Å². The van der Waals surface area contributed by atoms with Crippen molar-refractivity contribution in [3.05, 3.63) is 53.6 Å². The van der Waals surface area contributed by atoms with Crippen molar-refractivity contribution in [1.29, 1.82) is 0 Å². The van der Waals surface area contributed by atoms with Gasteiger partial charge in [-0.15, -0.1) is 0 Å². The molecule has 1 N–H and O–H groups in total. The maximum absolute atomic E-state index is 12.2. The molecule has 2 aromatic carbocycles. The second-order valence-electron chi connectivity index (χ2n) is 4.91. The molecular formula is C15H14N2O3S. The molecule has 0 saturated carbocycles. The van der Waals surface area contributed by atoms with Gasteiger partial charge in [0.05, 0.1) is 4.90 Å². The van der Waals surface area contributed by atoms with Crippen LogP contribution in [0.5, 0.6) is 0 Å². The molecule has 0 saturated heterocycles. The minimum absolute atomic E-state index is 0.0313. The van der Waals surface area contributed by atoms with Gasteiger partial charge >= 0.3 is 6.01 Å². The van der Waals surface area contributed by atoms with Gasteiger partial charge in [0.2, 0.25) is 0 Å². The zero-order valence-electron chi connectivity index (χ0n) is 11.6. The fraction of sp³-hybridized carbons (Fsp3) is 0.133. The normalized spacial score (nSPS) is 11.7. The molecule has 0 aliphatic heterocycles. The molecule has 0 aliphatic carbocycles. The third-order valence-corrected chi connectivity index (χ3v) is 4.43. The number of rotatable bonds is 3. The summed E-state index contributed by atoms with van der Waals surface area (Å²) in [5, 5.41) is 0. The summed E-state index contributed by atoms with van der Waals surface area (Å²) in [6.45, 7) is 3.83. The first-order valence-corrected chi connectivity index (χ1v) is 7.89. The second-order valence-corrected chi connectivity index (χ2v) is 6.59. The molecule has 3 rings (SSSR count). The highest BCUT2D eigenvalue weighted by atomic mass is 32.2. The van der Waals surface area contributed by atoms with Gasteiger partial charge in [-0.25, -0.2) is 13.1 Å². The molecular weight excluding hydrogens is 288 g/mol. The Morgan fingerprint density at radius 2 is 1.67 bits per heavy atom. The molecule has 1 heterocycles. The summed E-state index contributed by atoms with van der Waals surface area (Å²) in [4.78, 5) is 4.32. The molecule has 6 heteroatoms. The Kier molecular flexibility index (Phi) is 3.17. The number of anilines is 1. The SMILES string of the molecule is Cc1ccc(S(=O)(=O)Nc2nc3cc(C)ccc3o2)cc1. The Morgan fingerprint density at radius 1 is 1.00 bits per heavy atom. The number of benzene rings is 2. The fourth-order valence-corrected chi connectivity index (χ4v) is 2.90. The number of nitrogens with one attached hydrogen (secondary N) is 1. The van der Waals surface area contributed by atoms with E-state index in [1.54, 1.807) is 30.3 Å². The van der Waals surface area contributed by atoms with Gasteiger partial charge in [0.1, 0.15) is 5.52 Å². The van der Waals surface area contributed by atoms with E-state index in [-0.39, 0.29) is 10.9 Å². The molecule has 0 radical (unpaired) electrons. The van der Waals surface area contributed by atoms with Gasteiger partial charge in [0.15, 0.2) is 5.58 Å². The molecule has 108 valence electrons. The number of aromatic nitrogens is 1. The standard InChI is InChI=1S/C15H14N2O3S/c1-10-3-6-12(7-4-10)21(18,19)17-15-16-13-9-11(2)5-8-14(13)20-15/h3-9H,1-2H3,(H,16,17). The number of aryl methyl sites for hydroxylation is 2. The summed E-state index contributed by atoms with van der Waals surface area (Å²) in [7, 11) is -3.69. The van der Waals surface area contributed by atoms with E-state index in [1.165, 1.54) is 0 Å². The van der Waals surface area contributed by atoms with Crippen molar-refractivity contribution in [3.63, 3.8) is 0 Å². The van der Waals surface area contributed by atoms with Gasteiger partial charge in [0.25, 0.3) is 10.0 Å². The van der Waals surface area contributed by atoms with E-state index in [4.69, 9.17) is 4.42 Å². The number of sulfonamides is 1. The molecule has 3 aromatic rings. The maximum Gasteiger partial charge on any atom is 0.309 e. The third-order valence-electron chi connectivity index (χ3n) is 3.10. The smallest absolute Gasteiger partial charge is 0.309 e. The van der Waals surface area contributed by atoms with Crippen LogP contribution in [0.2, 0.25) is 0 Å². The predicted octanol–water partition coefficient (Wildman–Crippen LogP) is 3.25. The van der Waals surface area contributed by atoms with Gasteiger partial charge in [-0.1, -0.05) is 23.8 Å². The first-order valence-electron chi connectivity index (χ1n) is 6.41. The van der Waals surface area contributed by atoms with Crippen molar-refractivity contribution in [3.8, 4) is 0 Å². The zero-order chi connectivity index (χ0) is 15.0. The zero-order valence-corrected chi connectivity index (χ0v) is 12.4. The molecule has 0 bridgehead atoms. The number of hydrogen-bond donors (Lipinski definition) is 1. The minimum Gasteiger partial charge on any atom is -0.423 e. The molecule has 5 nitrogen and oxygen atoms in total. The highest BCUT2D eigenvalue weighted by molar-refractivity contribution is 7.92. The summed E-state index contributed by atoms with van der Waals surface area (Å²) in [6, 6.07) is 12.0. The lowest BCUT2D eigenvalue weighted by atomic mass is 10.2. The molecule has 0 fully saturated rings. The van der Waals surface area contributed by atoms with Crippen molar-refractivity contribution >= 4 is 27.1 Å². The lowest BCUT2D eigenvalue weighted by Crippen LogP contribution is -2.13. The molecule has 0 atom stereocenters. The summed E-state index contributed by atoms with van der Waals surface area (Å²) < 4.78 is 32.3. The van der Waals surface area contributed by atoms with Gasteiger partial charge in [0, 0.05) is 0 Å². The average molecular weight is 302 g/mol. The van der Waals surface area contributed by atoms with E-state index >= 15 is 0 Å². The molecule has 1 aromatic heterocycles. The lowest BCUT2D eigenvalue weighted by Gasteiger charge is -2.04. The Balaban J connectivity index is 1.95.